The predicted octanol–water partition coefficient (Wildman–Crippen LogP) is 2.78. The topological polar surface area (TPSA) is 24.5 Å². The molecule has 4 heteroatoms. The van der Waals surface area contributed by atoms with Crippen molar-refractivity contribution in [1.82, 2.24) is 10.2 Å². The van der Waals surface area contributed by atoms with Crippen molar-refractivity contribution >= 4 is 11.8 Å². The molecule has 1 N–H and O–H groups in total. The van der Waals surface area contributed by atoms with E-state index in [1.165, 1.54) is 10.5 Å². The van der Waals surface area contributed by atoms with Gasteiger partial charge < -0.3 is 10.1 Å². The summed E-state index contributed by atoms with van der Waals surface area (Å²) in [6.45, 7) is 7.25. The van der Waals surface area contributed by atoms with E-state index in [0.717, 1.165) is 19.7 Å². The fourth-order valence-electron chi connectivity index (χ4n) is 2.91. The SMILES string of the molecule is CNCC1OCCN(C(C)C)C1c1ccc(SC)cc1. The Kier molecular flexibility index (Phi) is 5.90. The Morgan fingerprint density at radius 3 is 2.60 bits per heavy atom. The van der Waals surface area contributed by atoms with Gasteiger partial charge in [-0.25, -0.2) is 0 Å². The second kappa shape index (κ2) is 7.46. The number of rotatable bonds is 5. The Hall–Kier alpha value is -0.550. The molecule has 0 saturated carbocycles. The third kappa shape index (κ3) is 3.55. The van der Waals surface area contributed by atoms with E-state index in [9.17, 15) is 0 Å². The fourth-order valence-corrected chi connectivity index (χ4v) is 3.32. The first-order chi connectivity index (χ1) is 9.67. The first kappa shape index (κ1) is 15.8. The van der Waals surface area contributed by atoms with Crippen LogP contribution in [-0.2, 0) is 4.74 Å². The molecule has 1 aliphatic heterocycles. The molecular formula is C16H26N2OS. The number of nitrogens with zero attached hydrogens (tertiary/aromatic N) is 1. The summed E-state index contributed by atoms with van der Waals surface area (Å²) < 4.78 is 6.01. The summed E-state index contributed by atoms with van der Waals surface area (Å²) in [7, 11) is 1.99. The molecule has 2 unspecified atom stereocenters. The van der Waals surface area contributed by atoms with Crippen molar-refractivity contribution in [2.75, 3.05) is 33.0 Å². The molecule has 1 heterocycles. The summed E-state index contributed by atoms with van der Waals surface area (Å²) in [5.74, 6) is 0. The summed E-state index contributed by atoms with van der Waals surface area (Å²) in [5, 5.41) is 3.26. The third-order valence-corrected chi connectivity index (χ3v) is 4.66. The van der Waals surface area contributed by atoms with Crippen molar-refractivity contribution in [2.24, 2.45) is 0 Å². The van der Waals surface area contributed by atoms with Crippen LogP contribution >= 0.6 is 11.8 Å². The number of ether oxygens (including phenoxy) is 1. The van der Waals surface area contributed by atoms with E-state index in [0.29, 0.717) is 12.1 Å². The molecule has 0 aromatic heterocycles. The molecule has 20 heavy (non-hydrogen) atoms. The highest BCUT2D eigenvalue weighted by Gasteiger charge is 2.34. The molecule has 2 rings (SSSR count). The van der Waals surface area contributed by atoms with E-state index in [-0.39, 0.29) is 6.10 Å². The lowest BCUT2D eigenvalue weighted by molar-refractivity contribution is -0.0815. The van der Waals surface area contributed by atoms with Gasteiger partial charge in [-0.2, -0.15) is 0 Å². The summed E-state index contributed by atoms with van der Waals surface area (Å²) >= 11 is 1.79. The zero-order valence-corrected chi connectivity index (χ0v) is 13.7. The van der Waals surface area contributed by atoms with Gasteiger partial charge in [0.1, 0.15) is 0 Å². The zero-order valence-electron chi connectivity index (χ0n) is 12.9. The molecule has 1 aromatic carbocycles. The van der Waals surface area contributed by atoms with Gasteiger partial charge in [0.05, 0.1) is 18.8 Å². The van der Waals surface area contributed by atoms with Crippen molar-refractivity contribution in [3.63, 3.8) is 0 Å². The van der Waals surface area contributed by atoms with E-state index < -0.39 is 0 Å². The molecule has 0 aliphatic carbocycles. The molecule has 1 fully saturated rings. The molecule has 0 radical (unpaired) electrons. The van der Waals surface area contributed by atoms with Gasteiger partial charge in [-0.3, -0.25) is 4.90 Å². The zero-order chi connectivity index (χ0) is 14.5. The number of nitrogens with one attached hydrogen (secondary N) is 1. The largest absolute Gasteiger partial charge is 0.374 e. The average molecular weight is 294 g/mol. The second-order valence-corrected chi connectivity index (χ2v) is 6.40. The molecule has 0 amide bonds. The number of hydrogen-bond acceptors (Lipinski definition) is 4. The Morgan fingerprint density at radius 2 is 2.05 bits per heavy atom. The van der Waals surface area contributed by atoms with Crippen molar-refractivity contribution < 1.29 is 4.74 Å². The van der Waals surface area contributed by atoms with Crippen LogP contribution in [-0.4, -0.2) is 50.0 Å². The minimum absolute atomic E-state index is 0.219. The highest BCUT2D eigenvalue weighted by molar-refractivity contribution is 7.98. The molecule has 1 aliphatic rings. The van der Waals surface area contributed by atoms with Gasteiger partial charge in [0.15, 0.2) is 0 Å². The van der Waals surface area contributed by atoms with E-state index in [1.807, 2.05) is 7.05 Å². The van der Waals surface area contributed by atoms with E-state index in [2.05, 4.69) is 54.6 Å². The lowest BCUT2D eigenvalue weighted by Crippen LogP contribution is -2.51. The van der Waals surface area contributed by atoms with Gasteiger partial charge >= 0.3 is 0 Å². The molecule has 1 saturated heterocycles. The molecule has 112 valence electrons. The smallest absolute Gasteiger partial charge is 0.0896 e. The predicted molar refractivity (Wildman–Crippen MR) is 86.5 cm³/mol. The maximum Gasteiger partial charge on any atom is 0.0896 e. The van der Waals surface area contributed by atoms with Crippen LogP contribution in [0, 0.1) is 0 Å². The Bertz CT molecular complexity index is 405. The number of likely N-dealkylation sites (N-methyl/N-ethyl adjacent to an activating group) is 1. The third-order valence-electron chi connectivity index (χ3n) is 3.92. The first-order valence-corrected chi connectivity index (χ1v) is 8.55. The van der Waals surface area contributed by atoms with Crippen LogP contribution in [0.2, 0.25) is 0 Å². The summed E-state index contributed by atoms with van der Waals surface area (Å²) in [6, 6.07) is 9.80. The molecule has 3 nitrogen and oxygen atoms in total. The Morgan fingerprint density at radius 1 is 1.35 bits per heavy atom. The quantitative estimate of drug-likeness (QED) is 0.844. The molecular weight excluding hydrogens is 268 g/mol. The lowest BCUT2D eigenvalue weighted by atomic mass is 9.96. The van der Waals surface area contributed by atoms with E-state index in [4.69, 9.17) is 4.74 Å². The maximum absolute atomic E-state index is 6.01. The number of morpholine rings is 1. The van der Waals surface area contributed by atoms with Crippen LogP contribution in [0.5, 0.6) is 0 Å². The minimum atomic E-state index is 0.219. The van der Waals surface area contributed by atoms with E-state index >= 15 is 0 Å². The van der Waals surface area contributed by atoms with Crippen LogP contribution in [0.15, 0.2) is 29.2 Å². The van der Waals surface area contributed by atoms with Gasteiger partial charge in [-0.15, -0.1) is 11.8 Å². The number of thioether (sulfide) groups is 1. The summed E-state index contributed by atoms with van der Waals surface area (Å²) in [5.41, 5.74) is 1.36. The molecule has 0 spiro atoms. The van der Waals surface area contributed by atoms with Crippen molar-refractivity contribution in [3.8, 4) is 0 Å². The molecule has 1 aromatic rings. The van der Waals surface area contributed by atoms with Gasteiger partial charge in [-0.05, 0) is 44.8 Å². The fraction of sp³-hybridized carbons (Fsp3) is 0.625. The number of hydrogen-bond donors (Lipinski definition) is 1. The number of benzene rings is 1. The summed E-state index contributed by atoms with van der Waals surface area (Å²) in [4.78, 5) is 3.87. The second-order valence-electron chi connectivity index (χ2n) is 5.52. The van der Waals surface area contributed by atoms with Crippen LogP contribution in [0.25, 0.3) is 0 Å². The minimum Gasteiger partial charge on any atom is -0.374 e. The van der Waals surface area contributed by atoms with Gasteiger partial charge in [-0.1, -0.05) is 12.1 Å². The van der Waals surface area contributed by atoms with Crippen molar-refractivity contribution in [1.29, 1.82) is 0 Å². The van der Waals surface area contributed by atoms with Crippen LogP contribution in [0.1, 0.15) is 25.5 Å². The Balaban J connectivity index is 2.27. The van der Waals surface area contributed by atoms with Crippen LogP contribution < -0.4 is 5.32 Å². The lowest BCUT2D eigenvalue weighted by Gasteiger charge is -2.43. The van der Waals surface area contributed by atoms with Crippen molar-refractivity contribution in [2.45, 2.75) is 36.9 Å². The van der Waals surface area contributed by atoms with Crippen molar-refractivity contribution in [3.05, 3.63) is 29.8 Å². The highest BCUT2D eigenvalue weighted by atomic mass is 32.2. The maximum atomic E-state index is 6.01. The monoisotopic (exact) mass is 294 g/mol. The molecule has 0 bridgehead atoms. The first-order valence-electron chi connectivity index (χ1n) is 7.33. The van der Waals surface area contributed by atoms with E-state index in [1.54, 1.807) is 11.8 Å². The molecule has 2 atom stereocenters. The van der Waals surface area contributed by atoms with Gasteiger partial charge in [0, 0.05) is 24.0 Å². The van der Waals surface area contributed by atoms with Crippen LogP contribution in [0.4, 0.5) is 0 Å². The van der Waals surface area contributed by atoms with Crippen LogP contribution in [0.3, 0.4) is 0 Å². The summed E-state index contributed by atoms with van der Waals surface area (Å²) in [6.07, 6.45) is 2.33. The van der Waals surface area contributed by atoms with Gasteiger partial charge in [0.2, 0.25) is 0 Å². The highest BCUT2D eigenvalue weighted by Crippen LogP contribution is 2.32. The average Bonchev–Trinajstić information content (AvgIpc) is 2.47. The Labute approximate surface area is 127 Å². The standard InChI is InChI=1S/C16H26N2OS/c1-12(2)18-9-10-19-15(11-17-3)16(18)13-5-7-14(20-4)8-6-13/h5-8,12,15-17H,9-11H2,1-4H3. The normalized spacial score (nSPS) is 24.2. The van der Waals surface area contributed by atoms with Gasteiger partial charge in [0.25, 0.3) is 0 Å².